The second-order valence-electron chi connectivity index (χ2n) is 6.24. The maximum Gasteiger partial charge on any atom is 0.350 e. The van der Waals surface area contributed by atoms with Gasteiger partial charge in [-0.15, -0.1) is 11.3 Å². The zero-order valence-corrected chi connectivity index (χ0v) is 16.4. The van der Waals surface area contributed by atoms with Gasteiger partial charge in [-0.3, -0.25) is 4.79 Å². The van der Waals surface area contributed by atoms with Gasteiger partial charge in [0.2, 0.25) is 5.91 Å². The summed E-state index contributed by atoms with van der Waals surface area (Å²) in [4.78, 5) is 28.9. The quantitative estimate of drug-likeness (QED) is 0.538. The molecule has 26 heavy (non-hydrogen) atoms. The molecule has 1 aromatic carbocycles. The monoisotopic (exact) mass is 374 g/mol. The standard InChI is InChI=1S/C20H26N2O3S/c1-4-5-18-22-15(3)19(26-18)20(24)25-13-12-21-17(23)11-10-16-8-6-14(2)7-9-16/h6-9H,4-5,10-13H2,1-3H3,(H,21,23). The summed E-state index contributed by atoms with van der Waals surface area (Å²) in [6.45, 7) is 6.42. The van der Waals surface area contributed by atoms with Crippen LogP contribution in [0, 0.1) is 13.8 Å². The highest BCUT2D eigenvalue weighted by Crippen LogP contribution is 2.20. The van der Waals surface area contributed by atoms with E-state index >= 15 is 0 Å². The normalized spacial score (nSPS) is 10.6. The predicted octanol–water partition coefficient (Wildman–Crippen LogP) is 3.62. The molecular weight excluding hydrogens is 348 g/mol. The van der Waals surface area contributed by atoms with E-state index in [4.69, 9.17) is 4.74 Å². The van der Waals surface area contributed by atoms with Crippen molar-refractivity contribution in [2.45, 2.75) is 46.5 Å². The first kappa shape index (κ1) is 20.1. The molecule has 1 N–H and O–H groups in total. The van der Waals surface area contributed by atoms with E-state index in [-0.39, 0.29) is 18.5 Å². The van der Waals surface area contributed by atoms with E-state index in [0.29, 0.717) is 30.0 Å². The summed E-state index contributed by atoms with van der Waals surface area (Å²) in [5.74, 6) is -0.405. The molecule has 2 rings (SSSR count). The first-order valence-electron chi connectivity index (χ1n) is 8.95. The molecule has 2 aromatic rings. The molecule has 0 fully saturated rings. The number of rotatable bonds is 9. The molecule has 0 spiro atoms. The van der Waals surface area contributed by atoms with Crippen LogP contribution in [0.2, 0.25) is 0 Å². The van der Waals surface area contributed by atoms with Crippen molar-refractivity contribution in [1.29, 1.82) is 0 Å². The topological polar surface area (TPSA) is 68.3 Å². The number of aromatic nitrogens is 1. The van der Waals surface area contributed by atoms with Crippen LogP contribution in [0.25, 0.3) is 0 Å². The Labute approximate surface area is 158 Å². The minimum atomic E-state index is -0.365. The number of nitrogens with one attached hydrogen (secondary N) is 1. The molecule has 0 radical (unpaired) electrons. The van der Waals surface area contributed by atoms with Gasteiger partial charge < -0.3 is 10.1 Å². The van der Waals surface area contributed by atoms with Crippen molar-refractivity contribution in [2.24, 2.45) is 0 Å². The zero-order chi connectivity index (χ0) is 18.9. The number of hydrogen-bond donors (Lipinski definition) is 1. The van der Waals surface area contributed by atoms with Crippen LogP contribution in [0.15, 0.2) is 24.3 Å². The van der Waals surface area contributed by atoms with Crippen molar-refractivity contribution in [3.8, 4) is 0 Å². The van der Waals surface area contributed by atoms with Gasteiger partial charge in [-0.2, -0.15) is 0 Å². The molecule has 0 atom stereocenters. The van der Waals surface area contributed by atoms with Crippen LogP contribution in [-0.2, 0) is 22.4 Å². The van der Waals surface area contributed by atoms with Gasteiger partial charge in [-0.25, -0.2) is 9.78 Å². The number of esters is 1. The van der Waals surface area contributed by atoms with E-state index in [1.54, 1.807) is 0 Å². The fourth-order valence-electron chi connectivity index (χ4n) is 2.46. The van der Waals surface area contributed by atoms with Gasteiger partial charge in [0.1, 0.15) is 11.5 Å². The molecule has 0 saturated carbocycles. The van der Waals surface area contributed by atoms with Crippen LogP contribution in [0.3, 0.4) is 0 Å². The van der Waals surface area contributed by atoms with Gasteiger partial charge >= 0.3 is 5.97 Å². The van der Waals surface area contributed by atoms with E-state index in [1.165, 1.54) is 16.9 Å². The Hall–Kier alpha value is -2.21. The lowest BCUT2D eigenvalue weighted by atomic mass is 10.1. The molecule has 0 aliphatic rings. The van der Waals surface area contributed by atoms with Crippen LogP contribution in [0.5, 0.6) is 0 Å². The van der Waals surface area contributed by atoms with E-state index in [9.17, 15) is 9.59 Å². The first-order chi connectivity index (χ1) is 12.5. The molecule has 0 aliphatic heterocycles. The number of benzene rings is 1. The van der Waals surface area contributed by atoms with Crippen LogP contribution >= 0.6 is 11.3 Å². The van der Waals surface area contributed by atoms with Gasteiger partial charge in [0.05, 0.1) is 17.2 Å². The molecular formula is C20H26N2O3S. The number of ether oxygens (including phenoxy) is 1. The summed E-state index contributed by atoms with van der Waals surface area (Å²) < 4.78 is 5.24. The lowest BCUT2D eigenvalue weighted by Crippen LogP contribution is -2.28. The zero-order valence-electron chi connectivity index (χ0n) is 15.6. The summed E-state index contributed by atoms with van der Waals surface area (Å²) in [5.41, 5.74) is 3.06. The highest BCUT2D eigenvalue weighted by Gasteiger charge is 2.16. The Morgan fingerprint density at radius 2 is 1.88 bits per heavy atom. The Bertz CT molecular complexity index is 738. The van der Waals surface area contributed by atoms with Gasteiger partial charge in [0.15, 0.2) is 0 Å². The number of nitrogens with zero attached hydrogens (tertiary/aromatic N) is 1. The third-order valence-electron chi connectivity index (χ3n) is 3.91. The highest BCUT2D eigenvalue weighted by molar-refractivity contribution is 7.13. The third kappa shape index (κ3) is 6.26. The number of carbonyl (C=O) groups excluding carboxylic acids is 2. The van der Waals surface area contributed by atoms with Crippen molar-refractivity contribution in [3.05, 3.63) is 51.0 Å². The van der Waals surface area contributed by atoms with Crippen LogP contribution in [0.1, 0.15) is 51.3 Å². The summed E-state index contributed by atoms with van der Waals surface area (Å²) in [6.07, 6.45) is 2.99. The van der Waals surface area contributed by atoms with E-state index in [1.807, 2.05) is 38.1 Å². The lowest BCUT2D eigenvalue weighted by Gasteiger charge is -2.06. The fourth-order valence-corrected chi connectivity index (χ4v) is 3.52. The molecule has 0 aliphatic carbocycles. The van der Waals surface area contributed by atoms with Crippen LogP contribution in [0.4, 0.5) is 0 Å². The number of aryl methyl sites for hydroxylation is 4. The molecule has 0 saturated heterocycles. The van der Waals surface area contributed by atoms with Crippen molar-refractivity contribution in [2.75, 3.05) is 13.2 Å². The third-order valence-corrected chi connectivity index (χ3v) is 5.11. The van der Waals surface area contributed by atoms with Gasteiger partial charge in [0, 0.05) is 6.42 Å². The highest BCUT2D eigenvalue weighted by atomic mass is 32.1. The smallest absolute Gasteiger partial charge is 0.350 e. The maximum absolute atomic E-state index is 12.1. The number of hydrogen-bond acceptors (Lipinski definition) is 5. The summed E-state index contributed by atoms with van der Waals surface area (Å²) >= 11 is 1.39. The Kier molecular flexibility index (Phi) is 7.78. The average molecular weight is 375 g/mol. The van der Waals surface area contributed by atoms with Gasteiger partial charge in [-0.05, 0) is 38.7 Å². The SMILES string of the molecule is CCCc1nc(C)c(C(=O)OCCNC(=O)CCc2ccc(C)cc2)s1. The minimum Gasteiger partial charge on any atom is -0.460 e. The minimum absolute atomic E-state index is 0.0409. The Morgan fingerprint density at radius 3 is 2.58 bits per heavy atom. The molecule has 6 heteroatoms. The van der Waals surface area contributed by atoms with Gasteiger partial charge in [0.25, 0.3) is 0 Å². The largest absolute Gasteiger partial charge is 0.460 e. The molecule has 1 aromatic heterocycles. The Balaban J connectivity index is 1.67. The maximum atomic E-state index is 12.1. The lowest BCUT2D eigenvalue weighted by molar-refractivity contribution is -0.121. The molecule has 0 bridgehead atoms. The van der Waals surface area contributed by atoms with Crippen LogP contribution in [-0.4, -0.2) is 30.0 Å². The van der Waals surface area contributed by atoms with E-state index in [2.05, 4.69) is 17.2 Å². The van der Waals surface area contributed by atoms with Crippen molar-refractivity contribution < 1.29 is 14.3 Å². The molecule has 1 amide bonds. The van der Waals surface area contributed by atoms with Crippen molar-refractivity contribution in [1.82, 2.24) is 10.3 Å². The summed E-state index contributed by atoms with van der Waals surface area (Å²) in [7, 11) is 0. The first-order valence-corrected chi connectivity index (χ1v) is 9.77. The van der Waals surface area contributed by atoms with E-state index < -0.39 is 0 Å². The summed E-state index contributed by atoms with van der Waals surface area (Å²) in [6, 6.07) is 8.16. The second-order valence-corrected chi connectivity index (χ2v) is 7.33. The molecule has 140 valence electrons. The number of thiazole rings is 1. The Morgan fingerprint density at radius 1 is 1.15 bits per heavy atom. The fraction of sp³-hybridized carbons (Fsp3) is 0.450. The molecule has 5 nitrogen and oxygen atoms in total. The number of amides is 1. The van der Waals surface area contributed by atoms with Crippen molar-refractivity contribution in [3.63, 3.8) is 0 Å². The molecule has 1 heterocycles. The second kappa shape index (κ2) is 10.1. The predicted molar refractivity (Wildman–Crippen MR) is 104 cm³/mol. The van der Waals surface area contributed by atoms with Gasteiger partial charge in [-0.1, -0.05) is 36.8 Å². The van der Waals surface area contributed by atoms with Crippen molar-refractivity contribution >= 4 is 23.2 Å². The average Bonchev–Trinajstić information content (AvgIpc) is 2.99. The summed E-state index contributed by atoms with van der Waals surface area (Å²) in [5, 5.41) is 3.74. The number of carbonyl (C=O) groups is 2. The van der Waals surface area contributed by atoms with E-state index in [0.717, 1.165) is 23.4 Å². The molecule has 0 unspecified atom stereocenters. The van der Waals surface area contributed by atoms with Crippen LogP contribution < -0.4 is 5.32 Å².